The Balaban J connectivity index is 0.00000162. The highest BCUT2D eigenvalue weighted by Crippen LogP contribution is 2.33. The van der Waals surface area contributed by atoms with Crippen molar-refractivity contribution in [1.82, 2.24) is 4.90 Å². The smallest absolute Gasteiger partial charge is 0.227 e. The van der Waals surface area contributed by atoms with Gasteiger partial charge in [0.1, 0.15) is 0 Å². The van der Waals surface area contributed by atoms with Crippen molar-refractivity contribution < 1.29 is 9.53 Å². The molecule has 3 atom stereocenters. The summed E-state index contributed by atoms with van der Waals surface area (Å²) in [5.74, 6) is 0.242. The molecule has 2 aliphatic rings. The number of rotatable bonds is 1. The van der Waals surface area contributed by atoms with Gasteiger partial charge in [0.2, 0.25) is 5.91 Å². The molecule has 3 unspecified atom stereocenters. The molecule has 1 aliphatic carbocycles. The molecule has 0 aromatic carbocycles. The number of carbonyl (C=O) groups excluding carboxylic acids is 1. The number of hydrogen-bond donors (Lipinski definition) is 1. The summed E-state index contributed by atoms with van der Waals surface area (Å²) in [5.41, 5.74) is 5.96. The van der Waals surface area contributed by atoms with Gasteiger partial charge in [0, 0.05) is 18.6 Å². The fraction of sp³-hybridized carbons (Fsp3) is 0.923. The van der Waals surface area contributed by atoms with Crippen LogP contribution in [0.15, 0.2) is 0 Å². The maximum atomic E-state index is 12.5. The van der Waals surface area contributed by atoms with Gasteiger partial charge in [-0.05, 0) is 26.7 Å². The number of nitrogens with zero attached hydrogens (tertiary/aromatic N) is 1. The largest absolute Gasteiger partial charge is 0.375 e. The van der Waals surface area contributed by atoms with Crippen molar-refractivity contribution in [3.05, 3.63) is 0 Å². The van der Waals surface area contributed by atoms with E-state index in [4.69, 9.17) is 10.5 Å². The predicted molar refractivity (Wildman–Crippen MR) is 73.8 cm³/mol. The van der Waals surface area contributed by atoms with Gasteiger partial charge in [-0.25, -0.2) is 0 Å². The molecule has 1 saturated carbocycles. The van der Waals surface area contributed by atoms with Crippen LogP contribution in [0.5, 0.6) is 0 Å². The summed E-state index contributed by atoms with van der Waals surface area (Å²) in [5, 5.41) is 0. The lowest BCUT2D eigenvalue weighted by Gasteiger charge is -2.41. The van der Waals surface area contributed by atoms with Gasteiger partial charge >= 0.3 is 0 Å². The highest BCUT2D eigenvalue weighted by molar-refractivity contribution is 5.85. The molecule has 0 aromatic rings. The van der Waals surface area contributed by atoms with E-state index in [9.17, 15) is 4.79 Å². The van der Waals surface area contributed by atoms with Gasteiger partial charge in [-0.3, -0.25) is 4.79 Å². The van der Waals surface area contributed by atoms with Gasteiger partial charge in [0.25, 0.3) is 0 Å². The summed E-state index contributed by atoms with van der Waals surface area (Å²) >= 11 is 0. The minimum absolute atomic E-state index is 0. The van der Waals surface area contributed by atoms with Crippen molar-refractivity contribution >= 4 is 18.3 Å². The van der Waals surface area contributed by atoms with Gasteiger partial charge in [-0.15, -0.1) is 12.4 Å². The third-order valence-electron chi connectivity index (χ3n) is 4.11. The SMILES string of the molecule is CC1CN(C(=O)C2CCCCC2(C)N)CCO1.Cl. The van der Waals surface area contributed by atoms with Gasteiger partial charge in [0.15, 0.2) is 0 Å². The zero-order chi connectivity index (χ0) is 12.5. The van der Waals surface area contributed by atoms with E-state index < -0.39 is 0 Å². The first kappa shape index (κ1) is 15.7. The molecule has 5 heteroatoms. The third-order valence-corrected chi connectivity index (χ3v) is 4.11. The van der Waals surface area contributed by atoms with E-state index in [2.05, 4.69) is 0 Å². The summed E-state index contributed by atoms with van der Waals surface area (Å²) in [7, 11) is 0. The number of hydrogen-bond acceptors (Lipinski definition) is 3. The molecule has 0 spiro atoms. The van der Waals surface area contributed by atoms with Gasteiger partial charge < -0.3 is 15.4 Å². The average Bonchev–Trinajstić information content (AvgIpc) is 2.27. The van der Waals surface area contributed by atoms with Crippen molar-refractivity contribution in [2.45, 2.75) is 51.2 Å². The van der Waals surface area contributed by atoms with Gasteiger partial charge in [-0.1, -0.05) is 12.8 Å². The van der Waals surface area contributed by atoms with Crippen LogP contribution in [0.3, 0.4) is 0 Å². The molecule has 18 heavy (non-hydrogen) atoms. The van der Waals surface area contributed by atoms with Crippen LogP contribution in [0.25, 0.3) is 0 Å². The molecule has 2 rings (SSSR count). The Morgan fingerprint density at radius 1 is 1.44 bits per heavy atom. The Bertz CT molecular complexity index is 297. The monoisotopic (exact) mass is 276 g/mol. The first-order valence-electron chi connectivity index (χ1n) is 6.70. The highest BCUT2D eigenvalue weighted by Gasteiger charge is 2.40. The lowest BCUT2D eigenvalue weighted by Crippen LogP contribution is -2.56. The number of nitrogens with two attached hydrogens (primary N) is 1. The summed E-state index contributed by atoms with van der Waals surface area (Å²) in [4.78, 5) is 14.4. The van der Waals surface area contributed by atoms with Gasteiger partial charge in [-0.2, -0.15) is 0 Å². The number of ether oxygens (including phenoxy) is 1. The summed E-state index contributed by atoms with van der Waals surface area (Å²) in [6.45, 7) is 6.13. The summed E-state index contributed by atoms with van der Waals surface area (Å²) in [6.07, 6.45) is 4.33. The zero-order valence-corrected chi connectivity index (χ0v) is 12.2. The van der Waals surface area contributed by atoms with E-state index >= 15 is 0 Å². The standard InChI is InChI=1S/C13H24N2O2.ClH/c1-10-9-15(7-8-17-10)12(16)11-5-3-4-6-13(11,2)14;/h10-11H,3-9,14H2,1-2H3;1H. The summed E-state index contributed by atoms with van der Waals surface area (Å²) in [6, 6.07) is 0. The Labute approximate surface area is 116 Å². The zero-order valence-electron chi connectivity index (χ0n) is 11.4. The molecule has 0 aromatic heterocycles. The van der Waals surface area contributed by atoms with E-state index in [1.165, 1.54) is 0 Å². The number of morpholine rings is 1. The van der Waals surface area contributed by atoms with Crippen LogP contribution in [-0.4, -0.2) is 42.1 Å². The minimum atomic E-state index is -0.323. The van der Waals surface area contributed by atoms with Crippen molar-refractivity contribution in [3.63, 3.8) is 0 Å². The second-order valence-corrected chi connectivity index (χ2v) is 5.77. The van der Waals surface area contributed by atoms with E-state index in [0.29, 0.717) is 13.2 Å². The third kappa shape index (κ3) is 3.37. The van der Waals surface area contributed by atoms with Crippen molar-refractivity contribution in [3.8, 4) is 0 Å². The lowest BCUT2D eigenvalue weighted by molar-refractivity contribution is -0.145. The maximum absolute atomic E-state index is 12.5. The maximum Gasteiger partial charge on any atom is 0.227 e. The van der Waals surface area contributed by atoms with Crippen LogP contribution in [0.1, 0.15) is 39.5 Å². The van der Waals surface area contributed by atoms with Crippen LogP contribution in [-0.2, 0) is 9.53 Å². The van der Waals surface area contributed by atoms with Crippen molar-refractivity contribution in [1.29, 1.82) is 0 Å². The predicted octanol–water partition coefficient (Wildman–Crippen LogP) is 1.56. The molecular formula is C13H25ClN2O2. The van der Waals surface area contributed by atoms with E-state index in [0.717, 1.165) is 32.2 Å². The normalized spacial score (nSPS) is 36.9. The Hall–Kier alpha value is -0.320. The fourth-order valence-electron chi connectivity index (χ4n) is 3.00. The molecule has 0 radical (unpaired) electrons. The molecule has 1 saturated heterocycles. The second kappa shape index (κ2) is 6.22. The molecule has 2 N–H and O–H groups in total. The average molecular weight is 277 g/mol. The molecular weight excluding hydrogens is 252 g/mol. The Morgan fingerprint density at radius 3 is 2.78 bits per heavy atom. The number of halogens is 1. The molecule has 1 aliphatic heterocycles. The Kier molecular flexibility index (Phi) is 5.44. The molecule has 0 bridgehead atoms. The summed E-state index contributed by atoms with van der Waals surface area (Å²) < 4.78 is 5.47. The number of carbonyl (C=O) groups is 1. The van der Waals surface area contributed by atoms with Crippen molar-refractivity contribution in [2.24, 2.45) is 11.7 Å². The lowest BCUT2D eigenvalue weighted by atomic mass is 9.74. The van der Waals surface area contributed by atoms with Crippen LogP contribution in [0.2, 0.25) is 0 Å². The first-order chi connectivity index (χ1) is 8.00. The van der Waals surface area contributed by atoms with Crippen LogP contribution in [0, 0.1) is 5.92 Å². The van der Waals surface area contributed by atoms with E-state index in [-0.39, 0.29) is 35.9 Å². The molecule has 2 fully saturated rings. The fourth-order valence-corrected chi connectivity index (χ4v) is 3.00. The molecule has 4 nitrogen and oxygen atoms in total. The first-order valence-corrected chi connectivity index (χ1v) is 6.70. The van der Waals surface area contributed by atoms with Gasteiger partial charge in [0.05, 0.1) is 18.6 Å². The van der Waals surface area contributed by atoms with Crippen LogP contribution in [0.4, 0.5) is 0 Å². The highest BCUT2D eigenvalue weighted by atomic mass is 35.5. The van der Waals surface area contributed by atoms with Crippen molar-refractivity contribution in [2.75, 3.05) is 19.7 Å². The minimum Gasteiger partial charge on any atom is -0.375 e. The topological polar surface area (TPSA) is 55.6 Å². The molecule has 1 amide bonds. The quantitative estimate of drug-likeness (QED) is 0.791. The Morgan fingerprint density at radius 2 is 2.17 bits per heavy atom. The number of amides is 1. The van der Waals surface area contributed by atoms with Crippen LogP contribution >= 0.6 is 12.4 Å². The molecule has 1 heterocycles. The second-order valence-electron chi connectivity index (χ2n) is 5.77. The van der Waals surface area contributed by atoms with E-state index in [1.54, 1.807) is 0 Å². The van der Waals surface area contributed by atoms with Crippen LogP contribution < -0.4 is 5.73 Å². The molecule has 106 valence electrons. The van der Waals surface area contributed by atoms with E-state index in [1.807, 2.05) is 18.7 Å².